The van der Waals surface area contributed by atoms with E-state index in [0.717, 1.165) is 18.7 Å². The smallest absolute Gasteiger partial charge is 0.0949 e. The number of nitrogens with zero attached hydrogens (tertiary/aromatic N) is 2. The molecule has 1 atom stereocenters. The third-order valence-corrected chi connectivity index (χ3v) is 2.99. The molecule has 1 fully saturated rings. The fraction of sp³-hybridized carbons (Fsp3) is 0.615. The van der Waals surface area contributed by atoms with E-state index in [9.17, 15) is 0 Å². The molecule has 0 spiro atoms. The van der Waals surface area contributed by atoms with Gasteiger partial charge in [0, 0.05) is 18.8 Å². The van der Waals surface area contributed by atoms with Crippen molar-refractivity contribution < 1.29 is 4.74 Å². The predicted molar refractivity (Wildman–Crippen MR) is 67.8 cm³/mol. The Morgan fingerprint density at radius 1 is 1.71 bits per heavy atom. The zero-order valence-corrected chi connectivity index (χ0v) is 10.5. The summed E-state index contributed by atoms with van der Waals surface area (Å²) in [7, 11) is 0. The van der Waals surface area contributed by atoms with Crippen LogP contribution in [-0.2, 0) is 11.3 Å². The molecule has 1 aliphatic heterocycles. The van der Waals surface area contributed by atoms with Crippen LogP contribution in [0.5, 0.6) is 0 Å². The van der Waals surface area contributed by atoms with E-state index in [1.165, 1.54) is 18.5 Å². The molecule has 0 bridgehead atoms. The molecule has 1 aliphatic rings. The van der Waals surface area contributed by atoms with Crippen LogP contribution in [0.1, 0.15) is 31.5 Å². The maximum Gasteiger partial charge on any atom is 0.0949 e. The van der Waals surface area contributed by atoms with Gasteiger partial charge in [0.25, 0.3) is 0 Å². The van der Waals surface area contributed by atoms with Gasteiger partial charge in [-0.15, -0.1) is 0 Å². The van der Waals surface area contributed by atoms with Crippen LogP contribution in [0.25, 0.3) is 0 Å². The summed E-state index contributed by atoms with van der Waals surface area (Å²) in [5.74, 6) is 0. The van der Waals surface area contributed by atoms with Crippen molar-refractivity contribution in [2.45, 2.75) is 32.4 Å². The predicted octanol–water partition coefficient (Wildman–Crippen LogP) is 1.90. The third-order valence-electron chi connectivity index (χ3n) is 2.99. The lowest BCUT2D eigenvalue weighted by Crippen LogP contribution is -2.18. The minimum absolute atomic E-state index is 0.471. The van der Waals surface area contributed by atoms with E-state index < -0.39 is 0 Å². The summed E-state index contributed by atoms with van der Waals surface area (Å²) in [6.45, 7) is 9.12. The van der Waals surface area contributed by atoms with Crippen molar-refractivity contribution in [3.05, 3.63) is 30.4 Å². The lowest BCUT2D eigenvalue weighted by Gasteiger charge is -2.14. The summed E-state index contributed by atoms with van der Waals surface area (Å²) in [5, 5.41) is 3.49. The fourth-order valence-electron chi connectivity index (χ4n) is 2.15. The Bertz CT molecular complexity index is 366. The van der Waals surface area contributed by atoms with Gasteiger partial charge >= 0.3 is 0 Å². The second-order valence-electron chi connectivity index (χ2n) is 4.67. The molecule has 2 heterocycles. The number of hydrogen-bond acceptors (Lipinski definition) is 3. The van der Waals surface area contributed by atoms with Gasteiger partial charge in [-0.1, -0.05) is 12.2 Å². The molecule has 1 saturated heterocycles. The van der Waals surface area contributed by atoms with E-state index >= 15 is 0 Å². The van der Waals surface area contributed by atoms with Crippen LogP contribution in [0.4, 0.5) is 0 Å². The lowest BCUT2D eigenvalue weighted by molar-refractivity contribution is 0.146. The molecule has 2 rings (SSSR count). The molecule has 94 valence electrons. The normalized spacial score (nSPS) is 19.7. The molecule has 0 unspecified atom stereocenters. The molecule has 0 radical (unpaired) electrons. The van der Waals surface area contributed by atoms with Gasteiger partial charge in [-0.2, -0.15) is 0 Å². The molecular formula is C13H21N3O. The minimum atomic E-state index is 0.471. The van der Waals surface area contributed by atoms with Crippen LogP contribution >= 0.6 is 0 Å². The Balaban J connectivity index is 1.83. The van der Waals surface area contributed by atoms with E-state index in [0.29, 0.717) is 19.3 Å². The van der Waals surface area contributed by atoms with Crippen molar-refractivity contribution in [2.75, 3.05) is 19.8 Å². The number of aromatic nitrogens is 2. The van der Waals surface area contributed by atoms with Crippen LogP contribution in [0.15, 0.2) is 24.7 Å². The highest BCUT2D eigenvalue weighted by atomic mass is 16.5. The molecular weight excluding hydrogens is 214 g/mol. The van der Waals surface area contributed by atoms with Gasteiger partial charge in [-0.25, -0.2) is 4.98 Å². The second-order valence-corrected chi connectivity index (χ2v) is 4.67. The minimum Gasteiger partial charge on any atom is -0.375 e. The molecule has 0 aliphatic carbocycles. The highest BCUT2D eigenvalue weighted by Crippen LogP contribution is 2.22. The number of hydrogen-bond donors (Lipinski definition) is 1. The topological polar surface area (TPSA) is 39.1 Å². The first-order chi connectivity index (χ1) is 8.27. The summed E-state index contributed by atoms with van der Waals surface area (Å²) in [6, 6.07) is 0.471. The quantitative estimate of drug-likeness (QED) is 0.604. The Hall–Kier alpha value is -1.13. The largest absolute Gasteiger partial charge is 0.375 e. The summed E-state index contributed by atoms with van der Waals surface area (Å²) in [4.78, 5) is 4.23. The molecule has 0 aromatic carbocycles. The number of rotatable bonds is 6. The highest BCUT2D eigenvalue weighted by Gasteiger charge is 2.19. The van der Waals surface area contributed by atoms with Crippen molar-refractivity contribution in [1.82, 2.24) is 14.9 Å². The SMILES string of the molecule is C=C(C)COCCn1cncc1[C@@H]1CCCN1. The van der Waals surface area contributed by atoms with Crippen molar-refractivity contribution in [2.24, 2.45) is 0 Å². The molecule has 1 N–H and O–H groups in total. The molecule has 1 aromatic heterocycles. The van der Waals surface area contributed by atoms with Crippen molar-refractivity contribution in [1.29, 1.82) is 0 Å². The Morgan fingerprint density at radius 3 is 3.29 bits per heavy atom. The molecule has 0 saturated carbocycles. The first-order valence-electron chi connectivity index (χ1n) is 6.23. The second kappa shape index (κ2) is 5.98. The molecule has 1 aromatic rings. The first-order valence-corrected chi connectivity index (χ1v) is 6.23. The summed E-state index contributed by atoms with van der Waals surface area (Å²) >= 11 is 0. The standard InChI is InChI=1S/C13H21N3O/c1-11(2)9-17-7-6-16-10-14-8-13(16)12-4-3-5-15-12/h8,10,12,15H,1,3-7,9H2,2H3/t12-/m0/s1. The third kappa shape index (κ3) is 3.41. The number of imidazole rings is 1. The first kappa shape index (κ1) is 12.3. The summed E-state index contributed by atoms with van der Waals surface area (Å²) in [6.07, 6.45) is 6.31. The lowest BCUT2D eigenvalue weighted by atomic mass is 10.2. The van der Waals surface area contributed by atoms with E-state index in [2.05, 4.69) is 21.4 Å². The highest BCUT2D eigenvalue weighted by molar-refractivity contribution is 5.07. The van der Waals surface area contributed by atoms with Gasteiger partial charge in [0.2, 0.25) is 0 Å². The molecule has 4 nitrogen and oxygen atoms in total. The number of ether oxygens (including phenoxy) is 1. The monoisotopic (exact) mass is 235 g/mol. The van der Waals surface area contributed by atoms with Gasteiger partial charge in [0.15, 0.2) is 0 Å². The van der Waals surface area contributed by atoms with E-state index in [4.69, 9.17) is 4.74 Å². The maximum absolute atomic E-state index is 5.52. The molecule has 4 heteroatoms. The Kier molecular flexibility index (Phi) is 4.34. The summed E-state index contributed by atoms with van der Waals surface area (Å²) in [5.41, 5.74) is 2.34. The summed E-state index contributed by atoms with van der Waals surface area (Å²) < 4.78 is 7.70. The average molecular weight is 235 g/mol. The van der Waals surface area contributed by atoms with Gasteiger partial charge in [0.05, 0.1) is 25.2 Å². The van der Waals surface area contributed by atoms with Crippen LogP contribution in [-0.4, -0.2) is 29.3 Å². The van der Waals surface area contributed by atoms with Crippen molar-refractivity contribution in [3.63, 3.8) is 0 Å². The van der Waals surface area contributed by atoms with Crippen LogP contribution in [0.3, 0.4) is 0 Å². The van der Waals surface area contributed by atoms with E-state index in [1.807, 2.05) is 19.4 Å². The van der Waals surface area contributed by atoms with Crippen molar-refractivity contribution in [3.8, 4) is 0 Å². The fourth-order valence-corrected chi connectivity index (χ4v) is 2.15. The van der Waals surface area contributed by atoms with Crippen LogP contribution in [0, 0.1) is 0 Å². The van der Waals surface area contributed by atoms with Crippen LogP contribution in [0.2, 0.25) is 0 Å². The Morgan fingerprint density at radius 2 is 2.59 bits per heavy atom. The zero-order chi connectivity index (χ0) is 12.1. The molecule has 17 heavy (non-hydrogen) atoms. The van der Waals surface area contributed by atoms with E-state index in [1.54, 1.807) is 0 Å². The molecule has 0 amide bonds. The Labute approximate surface area is 103 Å². The van der Waals surface area contributed by atoms with Gasteiger partial charge in [0.1, 0.15) is 0 Å². The van der Waals surface area contributed by atoms with Crippen molar-refractivity contribution >= 4 is 0 Å². The maximum atomic E-state index is 5.52. The van der Waals surface area contributed by atoms with Gasteiger partial charge in [-0.05, 0) is 26.3 Å². The average Bonchev–Trinajstić information content (AvgIpc) is 2.94. The number of nitrogens with one attached hydrogen (secondary N) is 1. The zero-order valence-electron chi connectivity index (χ0n) is 10.5. The van der Waals surface area contributed by atoms with Crippen LogP contribution < -0.4 is 5.32 Å². The van der Waals surface area contributed by atoms with Gasteiger partial charge in [-0.3, -0.25) is 0 Å². The van der Waals surface area contributed by atoms with E-state index in [-0.39, 0.29) is 0 Å². The van der Waals surface area contributed by atoms with Gasteiger partial charge < -0.3 is 14.6 Å².